The zero-order valence-electron chi connectivity index (χ0n) is 16.5. The van der Waals surface area contributed by atoms with Crippen molar-refractivity contribution in [2.24, 2.45) is 0 Å². The molecule has 5 rings (SSSR count). The molecule has 3 aromatic rings. The molecule has 156 valence electrons. The Bertz CT molecular complexity index is 1130. The van der Waals surface area contributed by atoms with Crippen molar-refractivity contribution in [2.75, 3.05) is 6.67 Å². The number of amides is 1. The highest BCUT2D eigenvalue weighted by atomic mass is 19.1. The van der Waals surface area contributed by atoms with E-state index >= 15 is 0 Å². The van der Waals surface area contributed by atoms with Crippen LogP contribution in [0.3, 0.4) is 0 Å². The van der Waals surface area contributed by atoms with Gasteiger partial charge in [0, 0.05) is 40.9 Å². The minimum Gasteiger partial charge on any atom is -0.463 e. The molecular formula is C22H23FN4O3. The van der Waals surface area contributed by atoms with E-state index in [9.17, 15) is 19.1 Å². The third-order valence-electron chi connectivity index (χ3n) is 6.18. The van der Waals surface area contributed by atoms with Crippen molar-refractivity contribution in [3.8, 4) is 0 Å². The molecule has 7 nitrogen and oxygen atoms in total. The van der Waals surface area contributed by atoms with Crippen molar-refractivity contribution in [1.82, 2.24) is 19.2 Å². The van der Waals surface area contributed by atoms with Gasteiger partial charge in [-0.05, 0) is 55.9 Å². The second kappa shape index (κ2) is 7.27. The van der Waals surface area contributed by atoms with Crippen LogP contribution in [0, 0.1) is 0 Å². The predicted octanol–water partition coefficient (Wildman–Crippen LogP) is 3.50. The van der Waals surface area contributed by atoms with Crippen LogP contribution in [0.25, 0.3) is 10.9 Å². The monoisotopic (exact) mass is 410 g/mol. The lowest BCUT2D eigenvalue weighted by atomic mass is 9.91. The van der Waals surface area contributed by atoms with E-state index in [4.69, 9.17) is 0 Å². The van der Waals surface area contributed by atoms with Crippen LogP contribution in [-0.2, 0) is 19.4 Å². The quantitative estimate of drug-likeness (QED) is 0.698. The van der Waals surface area contributed by atoms with Crippen LogP contribution >= 0.6 is 0 Å². The number of halogens is 1. The van der Waals surface area contributed by atoms with E-state index in [0.29, 0.717) is 18.4 Å². The summed E-state index contributed by atoms with van der Waals surface area (Å²) < 4.78 is 15.7. The number of alkyl halides is 1. The van der Waals surface area contributed by atoms with Gasteiger partial charge in [-0.1, -0.05) is 6.07 Å². The Morgan fingerprint density at radius 2 is 2.03 bits per heavy atom. The Hall–Kier alpha value is -3.16. The summed E-state index contributed by atoms with van der Waals surface area (Å²) in [5.74, 6) is 0.000162. The summed E-state index contributed by atoms with van der Waals surface area (Å²) >= 11 is 0. The summed E-state index contributed by atoms with van der Waals surface area (Å²) in [5.41, 5.74) is 3.22. The lowest BCUT2D eigenvalue weighted by Gasteiger charge is -2.34. The van der Waals surface area contributed by atoms with Crippen molar-refractivity contribution < 1.29 is 19.1 Å². The molecular weight excluding hydrogens is 387 g/mol. The number of carbonyl (C=O) groups excluding carboxylic acids is 1. The predicted molar refractivity (Wildman–Crippen MR) is 109 cm³/mol. The van der Waals surface area contributed by atoms with Crippen LogP contribution in [0.2, 0.25) is 0 Å². The van der Waals surface area contributed by atoms with E-state index in [1.54, 1.807) is 6.20 Å². The number of hydrogen-bond acceptors (Lipinski definition) is 3. The maximum absolute atomic E-state index is 13.7. The summed E-state index contributed by atoms with van der Waals surface area (Å²) in [6.45, 7) is -0.183. The molecule has 2 aromatic heterocycles. The van der Waals surface area contributed by atoms with Gasteiger partial charge < -0.3 is 14.6 Å². The van der Waals surface area contributed by atoms with Gasteiger partial charge >= 0.3 is 6.09 Å². The Balaban J connectivity index is 1.46. The lowest BCUT2D eigenvalue weighted by molar-refractivity contribution is 0.0645. The largest absolute Gasteiger partial charge is 0.463 e. The number of benzene rings is 1. The first-order valence-electron chi connectivity index (χ1n) is 10.3. The molecule has 0 bridgehead atoms. The van der Waals surface area contributed by atoms with Crippen molar-refractivity contribution in [2.45, 2.75) is 50.7 Å². The van der Waals surface area contributed by atoms with E-state index in [1.807, 2.05) is 39.9 Å². The number of fused-ring (bicyclic) bond motifs is 2. The molecule has 0 radical (unpaired) electrons. The molecule has 2 aliphatic rings. The highest BCUT2D eigenvalue weighted by Crippen LogP contribution is 2.35. The standard InChI is InChI=1S/C22H23FN4O3/c23-9-11-25-10-8-17-18(2-1-3-20(17)25)21(28)27(15-4-5-15)16-6-7-19-14(12-16)13-26(24-19)22(29)30/h1-3,8,10,13,15-16H,4-7,9,11-12H2,(H,29,30). The van der Waals surface area contributed by atoms with Gasteiger partial charge in [-0.25, -0.2) is 9.18 Å². The molecule has 1 amide bonds. The minimum absolute atomic E-state index is 0.000162. The highest BCUT2D eigenvalue weighted by molar-refractivity contribution is 6.07. The molecule has 1 fully saturated rings. The first kappa shape index (κ1) is 18.8. The average Bonchev–Trinajstić information content (AvgIpc) is 3.33. The zero-order valence-corrected chi connectivity index (χ0v) is 16.5. The minimum atomic E-state index is -1.10. The average molecular weight is 410 g/mol. The van der Waals surface area contributed by atoms with Gasteiger partial charge in [-0.15, -0.1) is 0 Å². The van der Waals surface area contributed by atoms with Crippen molar-refractivity contribution in [3.05, 3.63) is 53.5 Å². The van der Waals surface area contributed by atoms with Gasteiger partial charge in [-0.3, -0.25) is 4.79 Å². The van der Waals surface area contributed by atoms with Crippen molar-refractivity contribution >= 4 is 22.9 Å². The third-order valence-corrected chi connectivity index (χ3v) is 6.18. The van der Waals surface area contributed by atoms with E-state index in [2.05, 4.69) is 5.10 Å². The van der Waals surface area contributed by atoms with Gasteiger partial charge in [0.2, 0.25) is 0 Å². The Morgan fingerprint density at radius 3 is 2.77 bits per heavy atom. The van der Waals surface area contributed by atoms with Crippen LogP contribution in [-0.4, -0.2) is 55.1 Å². The smallest absolute Gasteiger partial charge is 0.432 e. The Morgan fingerprint density at radius 1 is 1.20 bits per heavy atom. The Kier molecular flexibility index (Phi) is 4.56. The normalized spacial score (nSPS) is 18.4. The molecule has 30 heavy (non-hydrogen) atoms. The van der Waals surface area contributed by atoms with Crippen molar-refractivity contribution in [3.63, 3.8) is 0 Å². The van der Waals surface area contributed by atoms with E-state index in [-0.39, 0.29) is 24.5 Å². The van der Waals surface area contributed by atoms with E-state index < -0.39 is 12.8 Å². The molecule has 2 heterocycles. The van der Waals surface area contributed by atoms with Crippen LogP contribution in [0.15, 0.2) is 36.7 Å². The first-order valence-corrected chi connectivity index (χ1v) is 10.3. The molecule has 0 aliphatic heterocycles. The number of carboxylic acid groups (broad SMARTS) is 1. The topological polar surface area (TPSA) is 80.4 Å². The molecule has 1 N–H and O–H groups in total. The second-order valence-corrected chi connectivity index (χ2v) is 8.10. The number of nitrogens with zero attached hydrogens (tertiary/aromatic N) is 4. The van der Waals surface area contributed by atoms with Gasteiger partial charge in [-0.2, -0.15) is 9.78 Å². The maximum atomic E-state index is 13.7. The molecule has 2 aliphatic carbocycles. The van der Waals surface area contributed by atoms with Crippen molar-refractivity contribution in [1.29, 1.82) is 0 Å². The molecule has 1 atom stereocenters. The summed E-state index contributed by atoms with van der Waals surface area (Å²) in [4.78, 5) is 26.9. The lowest BCUT2D eigenvalue weighted by Crippen LogP contribution is -2.44. The van der Waals surface area contributed by atoms with E-state index in [0.717, 1.165) is 46.1 Å². The number of carbonyl (C=O) groups is 2. The molecule has 8 heteroatoms. The summed E-state index contributed by atoms with van der Waals surface area (Å²) in [6.07, 6.45) is 6.32. The van der Waals surface area contributed by atoms with Gasteiger partial charge in [0.15, 0.2) is 0 Å². The fourth-order valence-electron chi connectivity index (χ4n) is 4.64. The maximum Gasteiger partial charge on any atom is 0.432 e. The zero-order chi connectivity index (χ0) is 20.8. The number of rotatable bonds is 5. The van der Waals surface area contributed by atoms with Gasteiger partial charge in [0.05, 0.1) is 12.2 Å². The molecule has 1 saturated carbocycles. The number of aryl methyl sites for hydroxylation is 2. The van der Waals surface area contributed by atoms with Crippen LogP contribution in [0.1, 0.15) is 40.9 Å². The van der Waals surface area contributed by atoms with Crippen LogP contribution in [0.4, 0.5) is 9.18 Å². The molecule has 1 unspecified atom stereocenters. The second-order valence-electron chi connectivity index (χ2n) is 8.10. The summed E-state index contributed by atoms with van der Waals surface area (Å²) in [5, 5.41) is 14.2. The summed E-state index contributed by atoms with van der Waals surface area (Å²) in [7, 11) is 0. The highest BCUT2D eigenvalue weighted by Gasteiger charge is 2.40. The molecule has 1 aromatic carbocycles. The van der Waals surface area contributed by atoms with Crippen LogP contribution in [0.5, 0.6) is 0 Å². The van der Waals surface area contributed by atoms with Gasteiger partial charge in [0.1, 0.15) is 6.67 Å². The fraction of sp³-hybridized carbons (Fsp3) is 0.409. The SMILES string of the molecule is O=C(c1cccc2c1ccn2CCF)N(C1CC1)C1CCc2nn(C(=O)O)cc2C1. The Labute approximate surface area is 172 Å². The molecule has 0 spiro atoms. The van der Waals surface area contributed by atoms with Crippen LogP contribution < -0.4 is 0 Å². The summed E-state index contributed by atoms with van der Waals surface area (Å²) in [6, 6.07) is 7.74. The molecule has 0 saturated heterocycles. The number of hydrogen-bond donors (Lipinski definition) is 1. The first-order chi connectivity index (χ1) is 14.6. The third kappa shape index (κ3) is 3.16. The fourth-order valence-corrected chi connectivity index (χ4v) is 4.64. The number of aromatic nitrogens is 3. The van der Waals surface area contributed by atoms with Gasteiger partial charge in [0.25, 0.3) is 5.91 Å². The van der Waals surface area contributed by atoms with E-state index in [1.165, 1.54) is 0 Å².